The molecule has 0 spiro atoms. The molecule has 2 rings (SSSR count). The quantitative estimate of drug-likeness (QED) is 0.324. The van der Waals surface area contributed by atoms with E-state index in [1.165, 1.54) is 0 Å². The van der Waals surface area contributed by atoms with Crippen molar-refractivity contribution in [1.82, 2.24) is 0 Å². The summed E-state index contributed by atoms with van der Waals surface area (Å²) in [6.45, 7) is 3.98. The lowest BCUT2D eigenvalue weighted by molar-refractivity contribution is -0.135. The van der Waals surface area contributed by atoms with Gasteiger partial charge in [-0.25, -0.2) is 0 Å². The highest BCUT2D eigenvalue weighted by Gasteiger charge is 2.20. The Hall–Kier alpha value is -2.95. The Morgan fingerprint density at radius 2 is 1.07 bits per heavy atom. The molecule has 0 unspecified atom stereocenters. The summed E-state index contributed by atoms with van der Waals surface area (Å²) < 4.78 is 10.8. The molecule has 0 saturated carbocycles. The van der Waals surface area contributed by atoms with Crippen molar-refractivity contribution in [2.24, 2.45) is 0 Å². The minimum absolute atomic E-state index is 0.209. The molecule has 0 aromatic heterocycles. The number of carbonyl (C=O) groups excluding carboxylic acids is 3. The highest BCUT2D eigenvalue weighted by Crippen LogP contribution is 2.27. The van der Waals surface area contributed by atoms with Gasteiger partial charge < -0.3 is 9.47 Å². The van der Waals surface area contributed by atoms with Gasteiger partial charge in [-0.05, 0) is 37.1 Å². The van der Waals surface area contributed by atoms with Gasteiger partial charge in [-0.2, -0.15) is 0 Å². The summed E-state index contributed by atoms with van der Waals surface area (Å²) in [5, 5.41) is 0. The lowest BCUT2D eigenvalue weighted by atomic mass is 10.0. The van der Waals surface area contributed by atoms with Gasteiger partial charge in [0.25, 0.3) is 0 Å². The zero-order valence-corrected chi connectivity index (χ0v) is 16.4. The van der Waals surface area contributed by atoms with Gasteiger partial charge in [0.15, 0.2) is 0 Å². The van der Waals surface area contributed by atoms with E-state index in [-0.39, 0.29) is 40.3 Å². The van der Waals surface area contributed by atoms with Crippen LogP contribution in [-0.2, 0) is 9.59 Å². The van der Waals surface area contributed by atoms with Crippen LogP contribution >= 0.6 is 0 Å². The molecule has 0 amide bonds. The van der Waals surface area contributed by atoms with Crippen molar-refractivity contribution in [3.8, 4) is 11.5 Å². The summed E-state index contributed by atoms with van der Waals surface area (Å²) in [5.74, 6) is -0.693. The van der Waals surface area contributed by atoms with Gasteiger partial charge in [-0.15, -0.1) is 0 Å². The number of carbonyl (C=O) groups is 3. The van der Waals surface area contributed by atoms with Crippen LogP contribution in [0.5, 0.6) is 11.5 Å². The molecule has 0 atom stereocenters. The van der Waals surface area contributed by atoms with Crippen molar-refractivity contribution >= 4 is 17.7 Å². The van der Waals surface area contributed by atoms with E-state index in [9.17, 15) is 14.4 Å². The number of ketones is 1. The first-order chi connectivity index (χ1) is 13.6. The number of hydrogen-bond donors (Lipinski definition) is 0. The van der Waals surface area contributed by atoms with E-state index < -0.39 is 0 Å². The van der Waals surface area contributed by atoms with Crippen molar-refractivity contribution < 1.29 is 23.9 Å². The lowest BCUT2D eigenvalue weighted by Gasteiger charge is -2.12. The Balaban J connectivity index is 2.25. The minimum Gasteiger partial charge on any atom is -0.426 e. The van der Waals surface area contributed by atoms with E-state index >= 15 is 0 Å². The van der Waals surface area contributed by atoms with Gasteiger partial charge in [0, 0.05) is 12.8 Å². The van der Waals surface area contributed by atoms with E-state index in [0.717, 1.165) is 25.7 Å². The van der Waals surface area contributed by atoms with Crippen molar-refractivity contribution in [3.05, 3.63) is 59.7 Å². The van der Waals surface area contributed by atoms with Crippen molar-refractivity contribution in [2.75, 3.05) is 0 Å². The number of para-hydroxylation sites is 2. The Bertz CT molecular complexity index is 758. The number of unbranched alkanes of at least 4 members (excludes halogenated alkanes) is 2. The number of ether oxygens (including phenoxy) is 2. The molecule has 5 nitrogen and oxygen atoms in total. The van der Waals surface area contributed by atoms with Gasteiger partial charge in [-0.1, -0.05) is 51.0 Å². The van der Waals surface area contributed by atoms with Crippen LogP contribution in [0.25, 0.3) is 0 Å². The highest BCUT2D eigenvalue weighted by atomic mass is 16.5. The van der Waals surface area contributed by atoms with Gasteiger partial charge in [-0.3, -0.25) is 14.4 Å². The second kappa shape index (κ2) is 11.0. The first-order valence-electron chi connectivity index (χ1n) is 9.70. The fraction of sp³-hybridized carbons (Fsp3) is 0.348. The Morgan fingerprint density at radius 3 is 1.46 bits per heavy atom. The zero-order valence-electron chi connectivity index (χ0n) is 16.4. The summed E-state index contributed by atoms with van der Waals surface area (Å²) in [4.78, 5) is 37.1. The van der Waals surface area contributed by atoms with Gasteiger partial charge >= 0.3 is 11.9 Å². The molecule has 2 aromatic rings. The molecule has 0 saturated heterocycles. The van der Waals surface area contributed by atoms with Crippen LogP contribution in [0.1, 0.15) is 68.3 Å². The molecular weight excluding hydrogens is 356 g/mol. The summed E-state index contributed by atoms with van der Waals surface area (Å²) in [7, 11) is 0. The van der Waals surface area contributed by atoms with E-state index in [4.69, 9.17) is 9.47 Å². The summed E-state index contributed by atoms with van der Waals surface area (Å²) in [5.41, 5.74) is 0.508. The number of benzene rings is 2. The zero-order chi connectivity index (χ0) is 20.4. The second-order valence-electron chi connectivity index (χ2n) is 6.48. The monoisotopic (exact) mass is 382 g/mol. The van der Waals surface area contributed by atoms with E-state index in [1.807, 2.05) is 13.8 Å². The summed E-state index contributed by atoms with van der Waals surface area (Å²) in [6, 6.07) is 13.2. The molecule has 0 aliphatic rings. The van der Waals surface area contributed by atoms with Gasteiger partial charge in [0.05, 0.1) is 11.1 Å². The van der Waals surface area contributed by atoms with Crippen molar-refractivity contribution in [2.45, 2.75) is 52.4 Å². The van der Waals surface area contributed by atoms with Crippen LogP contribution in [0.15, 0.2) is 48.5 Å². The van der Waals surface area contributed by atoms with Crippen molar-refractivity contribution in [1.29, 1.82) is 0 Å². The van der Waals surface area contributed by atoms with Crippen LogP contribution in [0.3, 0.4) is 0 Å². The van der Waals surface area contributed by atoms with Gasteiger partial charge in [0.1, 0.15) is 11.5 Å². The van der Waals surface area contributed by atoms with Crippen LogP contribution in [0.2, 0.25) is 0 Å². The third-order valence-electron chi connectivity index (χ3n) is 4.18. The predicted molar refractivity (Wildman–Crippen MR) is 107 cm³/mol. The van der Waals surface area contributed by atoms with Crippen LogP contribution in [-0.4, -0.2) is 17.7 Å². The van der Waals surface area contributed by atoms with E-state index in [0.29, 0.717) is 12.8 Å². The molecule has 5 heteroatoms. The fourth-order valence-electron chi connectivity index (χ4n) is 2.62. The Labute approximate surface area is 165 Å². The number of esters is 2. The first kappa shape index (κ1) is 21.4. The largest absolute Gasteiger partial charge is 0.426 e. The van der Waals surface area contributed by atoms with Crippen molar-refractivity contribution in [3.63, 3.8) is 0 Å². The van der Waals surface area contributed by atoms with E-state index in [2.05, 4.69) is 0 Å². The average molecular weight is 382 g/mol. The standard InChI is InChI=1S/C23H26O5/c1-3-5-15-21(24)27-19-13-9-7-11-17(19)23(26)18-12-8-10-14-20(18)28-22(25)16-6-4-2/h7-14H,3-6,15-16H2,1-2H3. The van der Waals surface area contributed by atoms with E-state index in [1.54, 1.807) is 48.5 Å². The molecule has 2 aromatic carbocycles. The number of rotatable bonds is 10. The number of hydrogen-bond acceptors (Lipinski definition) is 5. The SMILES string of the molecule is CCCCC(=O)Oc1ccccc1C(=O)c1ccccc1OC(=O)CCCC. The van der Waals surface area contributed by atoms with Crippen LogP contribution in [0, 0.1) is 0 Å². The maximum absolute atomic E-state index is 13.1. The molecule has 0 fully saturated rings. The molecule has 0 aliphatic heterocycles. The molecular formula is C23H26O5. The topological polar surface area (TPSA) is 69.7 Å². The fourth-order valence-corrected chi connectivity index (χ4v) is 2.62. The molecule has 28 heavy (non-hydrogen) atoms. The molecule has 148 valence electrons. The molecule has 0 bridgehead atoms. The van der Waals surface area contributed by atoms with Crippen LogP contribution < -0.4 is 9.47 Å². The Morgan fingerprint density at radius 1 is 0.679 bits per heavy atom. The highest BCUT2D eigenvalue weighted by molar-refractivity contribution is 6.12. The normalized spacial score (nSPS) is 10.4. The first-order valence-corrected chi connectivity index (χ1v) is 9.70. The third kappa shape index (κ3) is 6.05. The Kier molecular flexibility index (Phi) is 8.40. The second-order valence-corrected chi connectivity index (χ2v) is 6.48. The summed E-state index contributed by atoms with van der Waals surface area (Å²) in [6.07, 6.45) is 3.81. The average Bonchev–Trinajstić information content (AvgIpc) is 2.71. The minimum atomic E-state index is -0.374. The molecule has 0 aliphatic carbocycles. The maximum atomic E-state index is 13.1. The summed E-state index contributed by atoms with van der Waals surface area (Å²) >= 11 is 0. The van der Waals surface area contributed by atoms with Gasteiger partial charge in [0.2, 0.25) is 5.78 Å². The predicted octanol–water partition coefficient (Wildman–Crippen LogP) is 5.11. The van der Waals surface area contributed by atoms with Crippen LogP contribution in [0.4, 0.5) is 0 Å². The smallest absolute Gasteiger partial charge is 0.311 e. The lowest BCUT2D eigenvalue weighted by Crippen LogP contribution is -2.14. The maximum Gasteiger partial charge on any atom is 0.311 e. The molecule has 0 N–H and O–H groups in total. The third-order valence-corrected chi connectivity index (χ3v) is 4.18. The molecule has 0 radical (unpaired) electrons. The molecule has 0 heterocycles.